The maximum Gasteiger partial charge on any atom is 0.231 e. The molecule has 1 aromatic heterocycles. The molecule has 0 radical (unpaired) electrons. The van der Waals surface area contributed by atoms with Crippen LogP contribution in [0.15, 0.2) is 48.5 Å². The molecule has 1 aliphatic heterocycles. The van der Waals surface area contributed by atoms with Crippen molar-refractivity contribution >= 4 is 17.5 Å². The molecule has 28 heavy (non-hydrogen) atoms. The smallest absolute Gasteiger partial charge is 0.231 e. The van der Waals surface area contributed by atoms with Crippen molar-refractivity contribution in [3.05, 3.63) is 59.8 Å². The normalized spacial score (nSPS) is 11.9. The van der Waals surface area contributed by atoms with Gasteiger partial charge in [-0.1, -0.05) is 6.07 Å². The molecular formula is C21H22N4O3. The summed E-state index contributed by atoms with van der Waals surface area (Å²) in [6.07, 6.45) is 0. The predicted molar refractivity (Wildman–Crippen MR) is 108 cm³/mol. The van der Waals surface area contributed by atoms with Crippen molar-refractivity contribution in [1.82, 2.24) is 9.97 Å². The average molecular weight is 378 g/mol. The van der Waals surface area contributed by atoms with Gasteiger partial charge in [-0.2, -0.15) is 4.98 Å². The first-order valence-electron chi connectivity index (χ1n) is 9.17. The molecule has 0 unspecified atom stereocenters. The minimum absolute atomic E-state index is 0.276. The van der Waals surface area contributed by atoms with E-state index in [1.807, 2.05) is 62.4 Å². The lowest BCUT2D eigenvalue weighted by atomic mass is 10.2. The second-order valence-electron chi connectivity index (χ2n) is 6.34. The van der Waals surface area contributed by atoms with Gasteiger partial charge in [0.15, 0.2) is 11.5 Å². The second kappa shape index (κ2) is 8.04. The standard InChI is InChI=1S/C21H22N4O3/c1-3-26-17-7-5-16(6-8-17)24-21-23-14(2)10-20(25-21)22-12-15-4-9-18-19(11-15)28-13-27-18/h4-11H,3,12-13H2,1-2H3,(H2,22,23,24,25). The van der Waals surface area contributed by atoms with Crippen molar-refractivity contribution < 1.29 is 14.2 Å². The molecule has 2 N–H and O–H groups in total. The fourth-order valence-electron chi connectivity index (χ4n) is 2.89. The molecule has 1 aliphatic rings. The van der Waals surface area contributed by atoms with Crippen molar-refractivity contribution in [2.75, 3.05) is 24.0 Å². The number of benzene rings is 2. The van der Waals surface area contributed by atoms with Gasteiger partial charge in [0.05, 0.1) is 6.61 Å². The summed E-state index contributed by atoms with van der Waals surface area (Å²) in [5.41, 5.74) is 2.86. The van der Waals surface area contributed by atoms with E-state index in [1.165, 1.54) is 0 Å². The molecular weight excluding hydrogens is 356 g/mol. The number of hydrogen-bond acceptors (Lipinski definition) is 7. The highest BCUT2D eigenvalue weighted by Gasteiger charge is 2.13. The molecule has 2 heterocycles. The van der Waals surface area contributed by atoms with E-state index in [-0.39, 0.29) is 6.79 Å². The molecule has 2 aromatic carbocycles. The molecule has 0 saturated carbocycles. The zero-order chi connectivity index (χ0) is 19.3. The van der Waals surface area contributed by atoms with Gasteiger partial charge in [0.2, 0.25) is 12.7 Å². The largest absolute Gasteiger partial charge is 0.494 e. The van der Waals surface area contributed by atoms with Crippen molar-refractivity contribution in [2.24, 2.45) is 0 Å². The summed E-state index contributed by atoms with van der Waals surface area (Å²) in [6.45, 7) is 5.45. The third-order valence-corrected chi connectivity index (χ3v) is 4.19. The van der Waals surface area contributed by atoms with Gasteiger partial charge in [-0.3, -0.25) is 0 Å². The van der Waals surface area contributed by atoms with Crippen molar-refractivity contribution in [1.29, 1.82) is 0 Å². The fraction of sp³-hybridized carbons (Fsp3) is 0.238. The maximum atomic E-state index is 5.47. The van der Waals surface area contributed by atoms with E-state index >= 15 is 0 Å². The first-order valence-corrected chi connectivity index (χ1v) is 9.17. The number of anilines is 3. The van der Waals surface area contributed by atoms with Crippen molar-refractivity contribution in [2.45, 2.75) is 20.4 Å². The molecule has 4 rings (SSSR count). The van der Waals surface area contributed by atoms with Gasteiger partial charge in [0, 0.05) is 24.0 Å². The topological polar surface area (TPSA) is 77.5 Å². The number of fused-ring (bicyclic) bond motifs is 1. The zero-order valence-electron chi connectivity index (χ0n) is 15.9. The Balaban J connectivity index is 1.43. The van der Waals surface area contributed by atoms with E-state index in [1.54, 1.807) is 0 Å². The lowest BCUT2D eigenvalue weighted by Gasteiger charge is -2.11. The van der Waals surface area contributed by atoms with Crippen LogP contribution in [-0.2, 0) is 6.54 Å². The SMILES string of the molecule is CCOc1ccc(Nc2nc(C)cc(NCc3ccc4c(c3)OCO4)n2)cc1. The number of aromatic nitrogens is 2. The van der Waals surface area contributed by atoms with E-state index in [2.05, 4.69) is 20.6 Å². The van der Waals surface area contributed by atoms with Crippen molar-refractivity contribution in [3.63, 3.8) is 0 Å². The first kappa shape index (κ1) is 17.9. The van der Waals surface area contributed by atoms with Gasteiger partial charge in [0.25, 0.3) is 0 Å². The van der Waals surface area contributed by atoms with E-state index in [0.717, 1.165) is 40.0 Å². The Hall–Kier alpha value is -3.48. The number of nitrogens with one attached hydrogen (secondary N) is 2. The zero-order valence-corrected chi connectivity index (χ0v) is 15.9. The van der Waals surface area contributed by atoms with Gasteiger partial charge in [-0.15, -0.1) is 0 Å². The summed E-state index contributed by atoms with van der Waals surface area (Å²) in [5, 5.41) is 6.57. The lowest BCUT2D eigenvalue weighted by Crippen LogP contribution is -2.05. The molecule has 7 heteroatoms. The summed E-state index contributed by atoms with van der Waals surface area (Å²) < 4.78 is 16.2. The minimum atomic E-state index is 0.276. The Bertz CT molecular complexity index is 960. The molecule has 144 valence electrons. The highest BCUT2D eigenvalue weighted by Crippen LogP contribution is 2.32. The van der Waals surface area contributed by atoms with E-state index in [4.69, 9.17) is 14.2 Å². The van der Waals surface area contributed by atoms with Gasteiger partial charge >= 0.3 is 0 Å². The van der Waals surface area contributed by atoms with Crippen LogP contribution in [0.3, 0.4) is 0 Å². The Morgan fingerprint density at radius 2 is 1.82 bits per heavy atom. The highest BCUT2D eigenvalue weighted by atomic mass is 16.7. The van der Waals surface area contributed by atoms with E-state index in [0.29, 0.717) is 19.1 Å². The molecule has 0 aliphatic carbocycles. The monoisotopic (exact) mass is 378 g/mol. The van der Waals surface area contributed by atoms with Crippen LogP contribution in [0.25, 0.3) is 0 Å². The first-order chi connectivity index (χ1) is 13.7. The number of aryl methyl sites for hydroxylation is 1. The predicted octanol–water partition coefficient (Wildman–Crippen LogP) is 4.27. The van der Waals surface area contributed by atoms with Crippen molar-refractivity contribution in [3.8, 4) is 17.2 Å². The number of ether oxygens (including phenoxy) is 3. The molecule has 0 atom stereocenters. The summed E-state index contributed by atoms with van der Waals surface area (Å²) in [7, 11) is 0. The fourth-order valence-corrected chi connectivity index (χ4v) is 2.89. The molecule has 3 aromatic rings. The van der Waals surface area contributed by atoms with E-state index in [9.17, 15) is 0 Å². The Kier molecular flexibility index (Phi) is 5.14. The number of hydrogen-bond donors (Lipinski definition) is 2. The number of nitrogens with zero attached hydrogens (tertiary/aromatic N) is 2. The van der Waals surface area contributed by atoms with Crippen LogP contribution < -0.4 is 24.8 Å². The van der Waals surface area contributed by atoms with E-state index < -0.39 is 0 Å². The van der Waals surface area contributed by atoms with Crippen LogP contribution in [0.1, 0.15) is 18.2 Å². The van der Waals surface area contributed by atoms with Crippen LogP contribution in [0.2, 0.25) is 0 Å². The van der Waals surface area contributed by atoms with Crippen LogP contribution in [0.4, 0.5) is 17.5 Å². The summed E-state index contributed by atoms with van der Waals surface area (Å²) in [6, 6.07) is 15.5. The molecule has 0 spiro atoms. The van der Waals surface area contributed by atoms with Gasteiger partial charge in [-0.25, -0.2) is 4.98 Å². The Morgan fingerprint density at radius 1 is 1.00 bits per heavy atom. The summed E-state index contributed by atoms with van der Waals surface area (Å²) >= 11 is 0. The highest BCUT2D eigenvalue weighted by molar-refractivity contribution is 5.56. The average Bonchev–Trinajstić information content (AvgIpc) is 3.16. The molecule has 0 saturated heterocycles. The quantitative estimate of drug-likeness (QED) is 0.636. The van der Waals surface area contributed by atoms with Crippen LogP contribution in [0, 0.1) is 6.92 Å². The second-order valence-corrected chi connectivity index (χ2v) is 6.34. The molecule has 0 amide bonds. The molecule has 0 bridgehead atoms. The summed E-state index contributed by atoms with van der Waals surface area (Å²) in [5.74, 6) is 3.68. The van der Waals surface area contributed by atoms with Crippen LogP contribution in [-0.4, -0.2) is 23.4 Å². The Labute approximate surface area is 163 Å². The third kappa shape index (κ3) is 4.25. The van der Waals surface area contributed by atoms with Gasteiger partial charge in [0.1, 0.15) is 11.6 Å². The van der Waals surface area contributed by atoms with Gasteiger partial charge < -0.3 is 24.8 Å². The maximum absolute atomic E-state index is 5.47. The third-order valence-electron chi connectivity index (χ3n) is 4.19. The Morgan fingerprint density at radius 3 is 2.64 bits per heavy atom. The van der Waals surface area contributed by atoms with Crippen LogP contribution >= 0.6 is 0 Å². The molecule has 0 fully saturated rings. The summed E-state index contributed by atoms with van der Waals surface area (Å²) in [4.78, 5) is 9.01. The molecule has 7 nitrogen and oxygen atoms in total. The van der Waals surface area contributed by atoms with Gasteiger partial charge in [-0.05, 0) is 55.8 Å². The lowest BCUT2D eigenvalue weighted by molar-refractivity contribution is 0.174. The van der Waals surface area contributed by atoms with Crippen LogP contribution in [0.5, 0.6) is 17.2 Å². The minimum Gasteiger partial charge on any atom is -0.494 e. The number of rotatable bonds is 7.